The third-order valence-electron chi connectivity index (χ3n) is 13.4. The Hall–Kier alpha value is -4.90. The molecule has 0 spiro atoms. The smallest absolute Gasteiger partial charge is 0.191 e. The average Bonchev–Trinajstić information content (AvgIpc) is 1.84. The second kappa shape index (κ2) is 22.6. The maximum atomic E-state index is 13.9. The quantitative estimate of drug-likeness (QED) is 0.0299. The van der Waals surface area contributed by atoms with Gasteiger partial charge in [0.2, 0.25) is 0 Å². The first kappa shape index (κ1) is 38.6. The highest BCUT2D eigenvalue weighted by Gasteiger charge is 2.56. The maximum Gasteiger partial charge on any atom is 0.191 e. The molecule has 11 rings (SSSR count). The summed E-state index contributed by atoms with van der Waals surface area (Å²) in [4.78, 5) is 17.5. The molecule has 5 fully saturated rings. The largest absolute Gasteiger partial charge is 0.394 e. The number of hydrogen-bond donors (Lipinski definition) is 6. The van der Waals surface area contributed by atoms with Gasteiger partial charge in [-0.2, -0.15) is 0 Å². The number of rotatable bonds is 20. The number of nitrogens with one attached hydrogen (secondary N) is 2. The van der Waals surface area contributed by atoms with E-state index < -0.39 is 116 Å². The van der Waals surface area contributed by atoms with E-state index in [0.717, 1.165) is 24.3 Å². The van der Waals surface area contributed by atoms with Crippen LogP contribution in [0, 0.1) is 23.3 Å². The molecule has 26 heteroatoms. The number of benzene rings is 2. The maximum absolute atomic E-state index is 13.9. The van der Waals surface area contributed by atoms with Gasteiger partial charge in [-0.3, -0.25) is 0 Å². The van der Waals surface area contributed by atoms with E-state index in [-0.39, 0.29) is 125 Å². The van der Waals surface area contributed by atoms with Crippen LogP contribution in [0.1, 0.15) is 120 Å². The van der Waals surface area contributed by atoms with Gasteiger partial charge < -0.3 is 50.0 Å². The molecule has 75 heavy (non-hydrogen) atoms. The van der Waals surface area contributed by atoms with Gasteiger partial charge in [-0.05, 0) is 74.8 Å². The summed E-state index contributed by atoms with van der Waals surface area (Å²) in [7, 11) is 0. The molecule has 1 aliphatic heterocycles. The molecule has 0 bridgehead atoms. The van der Waals surface area contributed by atoms with Gasteiger partial charge in [-0.15, -0.1) is 10.2 Å². The summed E-state index contributed by atoms with van der Waals surface area (Å²) in [6.45, 7) is -3.63. The zero-order valence-corrected chi connectivity index (χ0v) is 41.4. The van der Waals surface area contributed by atoms with E-state index in [1.807, 2.05) is 0 Å². The van der Waals surface area contributed by atoms with Crippen molar-refractivity contribution in [3.05, 3.63) is 70.8 Å². The van der Waals surface area contributed by atoms with Crippen LogP contribution in [0.2, 0.25) is 0 Å². The molecule has 6 aromatic rings. The van der Waals surface area contributed by atoms with Crippen LogP contribution in [-0.4, -0.2) is 163 Å². The lowest BCUT2D eigenvalue weighted by molar-refractivity contribution is -0.171. The zero-order chi connectivity index (χ0) is 64.9. The number of hydrogen-bond acceptors (Lipinski definition) is 20. The van der Waals surface area contributed by atoms with Crippen molar-refractivity contribution in [3.63, 3.8) is 0 Å². The summed E-state index contributed by atoms with van der Waals surface area (Å²) in [5.41, 5.74) is -4.59. The number of ether oxygens (including phenoxy) is 4. The zero-order valence-electron chi connectivity index (χ0n) is 53.8. The summed E-state index contributed by atoms with van der Waals surface area (Å²) >= 11 is 0.346. The molecule has 2 aromatic carbocycles. The Morgan fingerprint density at radius 3 is 1.68 bits per heavy atom. The van der Waals surface area contributed by atoms with Crippen LogP contribution in [0.15, 0.2) is 46.7 Å². The standard InChI is InChI=1S/C26H32F2N6O4S.C23H28F2N6O4S/c1-4-9-39-25-30-23(29-17-11-14(17)13-5-6-15(27)16(28)10-13)20-24(31-25)34(33-32-20)18-12-19(36-8-7-35)22-21(18)37-26(2,3)38-22;1-2-7-36-23-27-21(26-15-9-12(15)11-3-4-13(24)14(25)8-11)18-22(28-23)31(30-29-18)16-10-17(35-6-5-32)20(34)19(16)33/h5-6,10,14,17-19,21-22,35H,4,7-9,11-12H2,1-3H3,(H,29,30,31);3-4,8,12,15-17,19-20,32-34H,2,5-7,9-10H2,1H3,(H,26,27,28)/t14-,17+,18+,19-,21-,22+;12-,15+,16+,17-,19-,20+/m00/s1/i1D3,4D2,9D2;1D3,2D2,7D2. The first-order chi connectivity index (χ1) is 41.5. The fourth-order valence-corrected chi connectivity index (χ4v) is 10.7. The van der Waals surface area contributed by atoms with E-state index in [4.69, 9.17) is 43.2 Å². The molecule has 6 N–H and O–H groups in total. The highest BCUT2D eigenvalue weighted by Crippen LogP contribution is 2.48. The van der Waals surface area contributed by atoms with E-state index >= 15 is 0 Å². The molecule has 4 aromatic heterocycles. The highest BCUT2D eigenvalue weighted by atomic mass is 32.2. The van der Waals surface area contributed by atoms with Crippen LogP contribution < -0.4 is 10.6 Å². The number of nitrogens with zero attached hydrogens (tertiary/aromatic N) is 10. The van der Waals surface area contributed by atoms with Gasteiger partial charge in [0.15, 0.2) is 73.3 Å². The minimum Gasteiger partial charge on any atom is -0.394 e. The lowest BCUT2D eigenvalue weighted by atomic mass is 10.1. The number of halogens is 4. The number of aliphatic hydroxyl groups is 4. The Labute approximate surface area is 456 Å². The predicted octanol–water partition coefficient (Wildman–Crippen LogP) is 5.83. The molecule has 0 radical (unpaired) electrons. The molecule has 1 saturated heterocycles. The van der Waals surface area contributed by atoms with Crippen molar-refractivity contribution >= 4 is 57.5 Å². The molecule has 4 aliphatic carbocycles. The number of anilines is 2. The van der Waals surface area contributed by atoms with Gasteiger partial charge in [-0.25, -0.2) is 46.9 Å². The average molecular weight is 1100 g/mol. The molecule has 12 atom stereocenters. The van der Waals surface area contributed by atoms with Crippen molar-refractivity contribution in [1.29, 1.82) is 0 Å². The van der Waals surface area contributed by atoms with Crippen LogP contribution >= 0.6 is 23.5 Å². The number of thioether (sulfide) groups is 2. The Morgan fingerprint density at radius 1 is 0.680 bits per heavy atom. The topological polar surface area (TPSA) is 255 Å². The van der Waals surface area contributed by atoms with Gasteiger partial charge in [0.1, 0.15) is 24.4 Å². The van der Waals surface area contributed by atoms with E-state index in [0.29, 0.717) is 30.4 Å². The summed E-state index contributed by atoms with van der Waals surface area (Å²) in [6, 6.07) is 5.11. The summed E-state index contributed by atoms with van der Waals surface area (Å²) in [5.74, 6) is -5.17. The van der Waals surface area contributed by atoms with E-state index in [9.17, 15) is 32.9 Å². The van der Waals surface area contributed by atoms with Crippen molar-refractivity contribution < 1.29 is 76.1 Å². The highest BCUT2D eigenvalue weighted by molar-refractivity contribution is 7.99. The van der Waals surface area contributed by atoms with Gasteiger partial charge in [0.05, 0.1) is 50.7 Å². The van der Waals surface area contributed by atoms with Crippen molar-refractivity contribution in [3.8, 4) is 0 Å². The molecule has 5 aliphatic rings. The number of aliphatic hydroxyl groups excluding tert-OH is 4. The van der Waals surface area contributed by atoms with E-state index in [1.165, 1.54) is 21.5 Å². The Balaban J connectivity index is 0.000000197. The van der Waals surface area contributed by atoms with Crippen LogP contribution in [-0.2, 0) is 18.9 Å². The lowest BCUT2D eigenvalue weighted by Crippen LogP contribution is -2.33. The third kappa shape index (κ3) is 11.4. The number of aromatic nitrogens is 10. The molecule has 4 saturated carbocycles. The fraction of sp³-hybridized carbons (Fsp3) is 0.592. The first-order valence-corrected chi connectivity index (χ1v) is 25.3. The minimum atomic E-state index is -3.32. The second-order valence-electron chi connectivity index (χ2n) is 18.7. The van der Waals surface area contributed by atoms with Gasteiger partial charge in [-0.1, -0.05) is 59.8 Å². The first-order valence-electron chi connectivity index (χ1n) is 30.7. The predicted molar refractivity (Wildman–Crippen MR) is 267 cm³/mol. The SMILES string of the molecule is [2H]C([2H])([2H])C([2H])([2H])C([2H])([2H])Sc1nc(N[C@@H]2C[C@H]2c2ccc(F)c(F)c2)c2nnn([C@@H]3C[C@H](OCCO)[C@@H](O)[C@H]3O)c2n1.[2H]C([2H])([2H])C([2H])([2H])C([2H])([2H])Sc1nc(N[C@@H]2C[C@H]2c2ccc(F)c(F)c2)c2nnn([C@@H]3C[C@H](OCCO)[C@H]4OC(C)(C)O[C@H]43)c2n1. The van der Waals surface area contributed by atoms with Crippen LogP contribution in [0.4, 0.5) is 29.2 Å². The Bertz CT molecular complexity index is 3590. The Kier molecular flexibility index (Phi) is 11.6. The van der Waals surface area contributed by atoms with E-state index in [2.05, 4.69) is 51.2 Å². The Morgan fingerprint density at radius 2 is 1.17 bits per heavy atom. The van der Waals surface area contributed by atoms with Crippen molar-refractivity contribution in [2.24, 2.45) is 0 Å². The van der Waals surface area contributed by atoms with Gasteiger partial charge >= 0.3 is 0 Å². The van der Waals surface area contributed by atoms with Crippen molar-refractivity contribution in [2.45, 2.75) is 155 Å². The summed E-state index contributed by atoms with van der Waals surface area (Å²) < 4.78 is 191. The van der Waals surface area contributed by atoms with Crippen molar-refractivity contribution in [2.75, 3.05) is 48.5 Å². The molecular formula is C49H60F4N12O8S2. The van der Waals surface area contributed by atoms with Gasteiger partial charge in [0, 0.05) is 67.4 Å². The van der Waals surface area contributed by atoms with E-state index in [1.54, 1.807) is 13.8 Å². The lowest BCUT2D eigenvalue weighted by Gasteiger charge is -2.23. The molecular weight excluding hydrogens is 1020 g/mol. The summed E-state index contributed by atoms with van der Waals surface area (Å²) in [5, 5.41) is 62.2. The molecule has 20 nitrogen and oxygen atoms in total. The third-order valence-corrected chi connectivity index (χ3v) is 14.6. The van der Waals surface area contributed by atoms with Crippen LogP contribution in [0.3, 0.4) is 0 Å². The summed E-state index contributed by atoms with van der Waals surface area (Å²) in [6.07, 6.45) is -10.3. The minimum absolute atomic E-state index is 0.0280. The molecule has 404 valence electrons. The molecule has 5 heterocycles. The van der Waals surface area contributed by atoms with Gasteiger partial charge in [0.25, 0.3) is 0 Å². The second-order valence-corrected chi connectivity index (χ2v) is 20.3. The normalized spacial score (nSPS) is 32.3. The van der Waals surface area contributed by atoms with Crippen LogP contribution in [0.25, 0.3) is 22.3 Å². The molecule has 0 unspecified atom stereocenters. The van der Waals surface area contributed by atoms with Crippen LogP contribution in [0.5, 0.6) is 0 Å². The number of fused-ring (bicyclic) bond motifs is 3. The molecule has 0 amide bonds. The fourth-order valence-electron chi connectivity index (χ4n) is 9.88. The van der Waals surface area contributed by atoms with Crippen molar-refractivity contribution in [1.82, 2.24) is 49.9 Å². The monoisotopic (exact) mass is 1100 g/mol.